The summed E-state index contributed by atoms with van der Waals surface area (Å²) in [7, 11) is 1.94. The quantitative estimate of drug-likeness (QED) is 0.703. The van der Waals surface area contributed by atoms with Crippen LogP contribution in [0.2, 0.25) is 0 Å². The Balaban J connectivity index is 0.00000128. The van der Waals surface area contributed by atoms with Crippen LogP contribution in [0.1, 0.15) is 32.6 Å². The van der Waals surface area contributed by atoms with Crippen LogP contribution in [0.5, 0.6) is 0 Å². The predicted octanol–water partition coefficient (Wildman–Crippen LogP) is 1.24. The number of likely N-dealkylation sites (N-methyl/N-ethyl adjacent to an activating group) is 2. The van der Waals surface area contributed by atoms with Gasteiger partial charge in [0.25, 0.3) is 5.91 Å². The van der Waals surface area contributed by atoms with E-state index in [0.717, 1.165) is 24.0 Å². The van der Waals surface area contributed by atoms with Crippen molar-refractivity contribution in [1.29, 1.82) is 0 Å². The van der Waals surface area contributed by atoms with Crippen LogP contribution in [0.25, 0.3) is 0 Å². The van der Waals surface area contributed by atoms with E-state index in [-0.39, 0.29) is 38.8 Å². The fraction of sp³-hybridized carbons (Fsp3) is 0.917. The molecule has 2 fully saturated rings. The summed E-state index contributed by atoms with van der Waals surface area (Å²) < 4.78 is 1.07. The Labute approximate surface area is 124 Å². The molecule has 1 atom stereocenters. The monoisotopic (exact) mass is 300 g/mol. The molecule has 2 aliphatic heterocycles. The smallest absolute Gasteiger partial charge is 0.280 e. The summed E-state index contributed by atoms with van der Waals surface area (Å²) in [5, 5.41) is 0. The van der Waals surface area contributed by atoms with Gasteiger partial charge in [-0.05, 0) is 26.2 Å². The Morgan fingerprint density at radius 2 is 1.94 bits per heavy atom. The largest absolute Gasteiger partial charge is 0.340 e. The Hall–Kier alpha value is 0.534. The van der Waals surface area contributed by atoms with Crippen molar-refractivity contribution in [2.75, 3.05) is 33.2 Å². The maximum atomic E-state index is 12.1. The maximum Gasteiger partial charge on any atom is 0.280 e. The van der Waals surface area contributed by atoms with Crippen LogP contribution in [0.4, 0.5) is 0 Å². The molecule has 16 heavy (non-hydrogen) atoms. The third-order valence-electron chi connectivity index (χ3n) is 4.40. The predicted molar refractivity (Wildman–Crippen MR) is 60.4 cm³/mol. The molecule has 0 aromatic carbocycles. The van der Waals surface area contributed by atoms with Gasteiger partial charge in [0.2, 0.25) is 0 Å². The van der Waals surface area contributed by atoms with Crippen molar-refractivity contribution in [3.8, 4) is 0 Å². The topological polar surface area (TPSA) is 20.3 Å². The van der Waals surface area contributed by atoms with Gasteiger partial charge < -0.3 is 9.38 Å². The number of hydrogen-bond acceptors (Lipinski definition) is 1. The molecule has 0 N–H and O–H groups in total. The average molecular weight is 300 g/mol. The summed E-state index contributed by atoms with van der Waals surface area (Å²) in [6.45, 7) is 6.78. The van der Waals surface area contributed by atoms with Gasteiger partial charge in [-0.1, -0.05) is 0 Å². The van der Waals surface area contributed by atoms with E-state index in [9.17, 15) is 4.79 Å². The Morgan fingerprint density at radius 3 is 2.38 bits per heavy atom. The van der Waals surface area contributed by atoms with E-state index in [1.807, 2.05) is 11.9 Å². The molecule has 1 unspecified atom stereocenters. The van der Waals surface area contributed by atoms with Crippen molar-refractivity contribution in [3.05, 3.63) is 0 Å². The van der Waals surface area contributed by atoms with E-state index in [1.54, 1.807) is 0 Å². The molecule has 2 saturated heterocycles. The molecule has 1 radical (unpaired) electrons. The Bertz CT molecular complexity index is 251. The van der Waals surface area contributed by atoms with E-state index in [2.05, 4.69) is 6.92 Å². The molecular formula is C12H23N2OY+. The number of piperidine rings is 1. The summed E-state index contributed by atoms with van der Waals surface area (Å²) in [6, 6.07) is 0.278. The van der Waals surface area contributed by atoms with Gasteiger partial charge in [0.15, 0.2) is 6.04 Å². The number of hydrogen-bond donors (Lipinski definition) is 0. The average Bonchev–Trinajstić information content (AvgIpc) is 2.61. The van der Waals surface area contributed by atoms with Crippen molar-refractivity contribution in [3.63, 3.8) is 0 Å². The molecule has 3 nitrogen and oxygen atoms in total. The zero-order valence-corrected chi connectivity index (χ0v) is 13.5. The fourth-order valence-electron chi connectivity index (χ4n) is 3.30. The molecule has 1 amide bonds. The summed E-state index contributed by atoms with van der Waals surface area (Å²) in [5.41, 5.74) is 0. The van der Waals surface area contributed by atoms with Gasteiger partial charge in [-0.3, -0.25) is 4.79 Å². The fourth-order valence-corrected chi connectivity index (χ4v) is 3.30. The molecule has 0 aliphatic carbocycles. The zero-order valence-electron chi connectivity index (χ0n) is 10.6. The van der Waals surface area contributed by atoms with E-state index in [1.165, 1.54) is 32.4 Å². The van der Waals surface area contributed by atoms with Crippen molar-refractivity contribution in [1.82, 2.24) is 4.90 Å². The van der Waals surface area contributed by atoms with Gasteiger partial charge in [-0.15, -0.1) is 0 Å². The molecule has 2 aliphatic rings. The molecule has 0 spiro atoms. The zero-order chi connectivity index (χ0) is 10.9. The first kappa shape index (κ1) is 14.6. The van der Waals surface area contributed by atoms with Crippen LogP contribution in [0.3, 0.4) is 0 Å². The molecule has 89 valence electrons. The van der Waals surface area contributed by atoms with Crippen LogP contribution >= 0.6 is 0 Å². The number of rotatable bonds is 2. The number of carbonyl (C=O) groups is 1. The molecule has 0 saturated carbocycles. The van der Waals surface area contributed by atoms with Crippen molar-refractivity contribution >= 4 is 5.91 Å². The first-order valence-electron chi connectivity index (χ1n) is 6.30. The first-order valence-corrected chi connectivity index (χ1v) is 6.30. The molecule has 2 heterocycles. The van der Waals surface area contributed by atoms with Crippen LogP contribution in [0, 0.1) is 0 Å². The van der Waals surface area contributed by atoms with Gasteiger partial charge in [0.05, 0.1) is 19.6 Å². The van der Waals surface area contributed by atoms with Gasteiger partial charge >= 0.3 is 0 Å². The van der Waals surface area contributed by atoms with Crippen LogP contribution in [-0.4, -0.2) is 54.6 Å². The normalized spacial score (nSPS) is 29.0. The van der Waals surface area contributed by atoms with Gasteiger partial charge in [-0.25, -0.2) is 0 Å². The molecule has 0 aromatic heterocycles. The van der Waals surface area contributed by atoms with Gasteiger partial charge in [-0.2, -0.15) is 0 Å². The standard InChI is InChI=1S/C12H23N2O.Y/c1-3-14(9-5-4-6-10-14)11-7-8-13(2)12(11)15;/h11H,3-10H2,1-2H3;/q+1;. The van der Waals surface area contributed by atoms with Crippen LogP contribution in [0.15, 0.2) is 0 Å². The number of nitrogens with zero attached hydrogens (tertiary/aromatic N) is 2. The van der Waals surface area contributed by atoms with Crippen molar-refractivity contribution in [2.24, 2.45) is 0 Å². The van der Waals surface area contributed by atoms with E-state index >= 15 is 0 Å². The molecular weight excluding hydrogens is 277 g/mol. The Morgan fingerprint density at radius 1 is 1.31 bits per heavy atom. The second-order valence-electron chi connectivity index (χ2n) is 5.11. The van der Waals surface area contributed by atoms with E-state index in [0.29, 0.717) is 5.91 Å². The second kappa shape index (κ2) is 5.92. The third kappa shape index (κ3) is 2.52. The van der Waals surface area contributed by atoms with Crippen LogP contribution < -0.4 is 0 Å². The van der Waals surface area contributed by atoms with Crippen LogP contribution in [-0.2, 0) is 37.5 Å². The number of amides is 1. The van der Waals surface area contributed by atoms with Crippen molar-refractivity contribution < 1.29 is 42.0 Å². The summed E-state index contributed by atoms with van der Waals surface area (Å²) in [4.78, 5) is 14.0. The minimum atomic E-state index is 0. The third-order valence-corrected chi connectivity index (χ3v) is 4.40. The molecule has 0 bridgehead atoms. The number of quaternary nitrogens is 1. The molecule has 2 rings (SSSR count). The van der Waals surface area contributed by atoms with Gasteiger partial charge in [0, 0.05) is 52.7 Å². The van der Waals surface area contributed by atoms with E-state index < -0.39 is 0 Å². The summed E-state index contributed by atoms with van der Waals surface area (Å²) in [6.07, 6.45) is 5.04. The second-order valence-corrected chi connectivity index (χ2v) is 5.11. The number of likely N-dealkylation sites (tertiary alicyclic amines) is 2. The van der Waals surface area contributed by atoms with Crippen molar-refractivity contribution in [2.45, 2.75) is 38.6 Å². The number of carbonyl (C=O) groups excluding carboxylic acids is 1. The van der Waals surface area contributed by atoms with E-state index in [4.69, 9.17) is 0 Å². The Kier molecular flexibility index (Phi) is 5.40. The minimum absolute atomic E-state index is 0. The molecule has 4 heteroatoms. The van der Waals surface area contributed by atoms with Gasteiger partial charge in [0.1, 0.15) is 0 Å². The summed E-state index contributed by atoms with van der Waals surface area (Å²) in [5.74, 6) is 0.388. The summed E-state index contributed by atoms with van der Waals surface area (Å²) >= 11 is 0. The first-order chi connectivity index (χ1) is 7.19. The maximum absolute atomic E-state index is 12.1. The molecule has 0 aromatic rings. The minimum Gasteiger partial charge on any atom is -0.340 e. The SMILES string of the molecule is CC[N+]1(C2CCN(C)C2=O)CCCCC1.[Y].